The van der Waals surface area contributed by atoms with Gasteiger partial charge < -0.3 is 9.94 Å². The van der Waals surface area contributed by atoms with Gasteiger partial charge in [0.05, 0.1) is 6.61 Å². The highest BCUT2D eigenvalue weighted by Crippen LogP contribution is 1.93. The van der Waals surface area contributed by atoms with Crippen molar-refractivity contribution < 1.29 is 14.4 Å². The van der Waals surface area contributed by atoms with Crippen LogP contribution in [-0.2, 0) is 4.74 Å². The SMILES string of the molecule is CCOC(=O)c1ccc[n+]([O-])n1. The molecule has 0 saturated heterocycles. The van der Waals surface area contributed by atoms with E-state index in [0.717, 1.165) is 0 Å². The quantitative estimate of drug-likeness (QED) is 0.351. The lowest BCUT2D eigenvalue weighted by molar-refractivity contribution is -0.669. The summed E-state index contributed by atoms with van der Waals surface area (Å²) < 4.78 is 4.63. The van der Waals surface area contributed by atoms with Crippen molar-refractivity contribution in [1.82, 2.24) is 5.10 Å². The summed E-state index contributed by atoms with van der Waals surface area (Å²) in [4.78, 5) is 11.3. The molecule has 0 aromatic carbocycles. The van der Waals surface area contributed by atoms with Crippen molar-refractivity contribution in [2.24, 2.45) is 0 Å². The Balaban J connectivity index is 2.81. The molecular weight excluding hydrogens is 160 g/mol. The zero-order valence-corrected chi connectivity index (χ0v) is 6.56. The van der Waals surface area contributed by atoms with Crippen molar-refractivity contribution in [3.63, 3.8) is 0 Å². The van der Waals surface area contributed by atoms with Gasteiger partial charge in [-0.15, -0.1) is 0 Å². The van der Waals surface area contributed by atoms with Gasteiger partial charge in [-0.1, -0.05) is 4.85 Å². The fourth-order valence-corrected chi connectivity index (χ4v) is 0.695. The second-order valence-electron chi connectivity index (χ2n) is 2.02. The Bertz CT molecular complexity index is 288. The van der Waals surface area contributed by atoms with E-state index in [9.17, 15) is 10.0 Å². The van der Waals surface area contributed by atoms with Crippen molar-refractivity contribution in [2.45, 2.75) is 6.92 Å². The van der Waals surface area contributed by atoms with Crippen LogP contribution in [0, 0.1) is 5.21 Å². The van der Waals surface area contributed by atoms with E-state index in [1.54, 1.807) is 6.92 Å². The molecule has 0 aliphatic rings. The molecule has 0 N–H and O–H groups in total. The van der Waals surface area contributed by atoms with Gasteiger partial charge in [0.15, 0.2) is 0 Å². The van der Waals surface area contributed by atoms with E-state index in [1.165, 1.54) is 18.3 Å². The summed E-state index contributed by atoms with van der Waals surface area (Å²) in [6.07, 6.45) is 1.20. The van der Waals surface area contributed by atoms with Crippen LogP contribution in [0.25, 0.3) is 0 Å². The highest BCUT2D eigenvalue weighted by molar-refractivity contribution is 5.86. The summed E-state index contributed by atoms with van der Waals surface area (Å²) in [6, 6.07) is 2.86. The van der Waals surface area contributed by atoms with Gasteiger partial charge in [0.25, 0.3) is 0 Å². The minimum atomic E-state index is -0.581. The number of hydrogen-bond donors (Lipinski definition) is 0. The van der Waals surface area contributed by atoms with Gasteiger partial charge >= 0.3 is 5.97 Å². The molecule has 5 nitrogen and oxygen atoms in total. The fourth-order valence-electron chi connectivity index (χ4n) is 0.695. The first kappa shape index (κ1) is 8.45. The van der Waals surface area contributed by atoms with Crippen LogP contribution in [0.2, 0.25) is 0 Å². The monoisotopic (exact) mass is 168 g/mol. The molecule has 0 amide bonds. The van der Waals surface area contributed by atoms with Crippen LogP contribution in [0.4, 0.5) is 0 Å². The van der Waals surface area contributed by atoms with Crippen LogP contribution < -0.4 is 4.85 Å². The fraction of sp³-hybridized carbons (Fsp3) is 0.286. The van der Waals surface area contributed by atoms with Crippen LogP contribution >= 0.6 is 0 Å². The molecule has 1 aromatic heterocycles. The van der Waals surface area contributed by atoms with E-state index in [1.807, 2.05) is 0 Å². The minimum Gasteiger partial charge on any atom is -0.594 e. The van der Waals surface area contributed by atoms with Crippen molar-refractivity contribution in [3.05, 3.63) is 29.2 Å². The van der Waals surface area contributed by atoms with Crippen molar-refractivity contribution in [3.8, 4) is 0 Å². The average Bonchev–Trinajstić information content (AvgIpc) is 2.05. The topological polar surface area (TPSA) is 66.1 Å². The second-order valence-corrected chi connectivity index (χ2v) is 2.02. The average molecular weight is 168 g/mol. The number of nitrogens with zero attached hydrogens (tertiary/aromatic N) is 2. The first-order valence-electron chi connectivity index (χ1n) is 3.47. The summed E-state index contributed by atoms with van der Waals surface area (Å²) in [6.45, 7) is 1.96. The summed E-state index contributed by atoms with van der Waals surface area (Å²) >= 11 is 0. The summed E-state index contributed by atoms with van der Waals surface area (Å²) in [5.41, 5.74) is 0.0225. The van der Waals surface area contributed by atoms with E-state index in [0.29, 0.717) is 4.85 Å². The third kappa shape index (κ3) is 1.91. The maximum Gasteiger partial charge on any atom is 0.363 e. The van der Waals surface area contributed by atoms with E-state index in [2.05, 4.69) is 9.84 Å². The Hall–Kier alpha value is -1.65. The van der Waals surface area contributed by atoms with E-state index >= 15 is 0 Å². The van der Waals surface area contributed by atoms with Crippen LogP contribution in [0.15, 0.2) is 18.3 Å². The predicted octanol–water partition coefficient (Wildman–Crippen LogP) is -0.108. The smallest absolute Gasteiger partial charge is 0.363 e. The molecule has 0 aliphatic heterocycles. The van der Waals surface area contributed by atoms with Gasteiger partial charge in [-0.25, -0.2) is 4.79 Å². The highest BCUT2D eigenvalue weighted by atomic mass is 16.5. The first-order chi connectivity index (χ1) is 5.74. The lowest BCUT2D eigenvalue weighted by Gasteiger charge is -1.98. The Morgan fingerprint density at radius 1 is 1.83 bits per heavy atom. The van der Waals surface area contributed by atoms with Crippen LogP contribution in [-0.4, -0.2) is 17.7 Å². The second kappa shape index (κ2) is 3.66. The van der Waals surface area contributed by atoms with E-state index in [4.69, 9.17) is 0 Å². The number of ether oxygens (including phenoxy) is 1. The Kier molecular flexibility index (Phi) is 2.57. The largest absolute Gasteiger partial charge is 0.594 e. The van der Waals surface area contributed by atoms with Crippen LogP contribution in [0.1, 0.15) is 17.4 Å². The molecule has 1 heterocycles. The Labute approximate surface area is 69.2 Å². The van der Waals surface area contributed by atoms with Crippen molar-refractivity contribution in [1.29, 1.82) is 0 Å². The van der Waals surface area contributed by atoms with E-state index in [-0.39, 0.29) is 12.3 Å². The van der Waals surface area contributed by atoms with Crippen molar-refractivity contribution >= 4 is 5.97 Å². The van der Waals surface area contributed by atoms with E-state index < -0.39 is 5.97 Å². The molecule has 12 heavy (non-hydrogen) atoms. The van der Waals surface area contributed by atoms with Gasteiger partial charge in [-0.3, -0.25) is 0 Å². The Morgan fingerprint density at radius 2 is 2.58 bits per heavy atom. The summed E-state index contributed by atoms with van der Waals surface area (Å²) in [5, 5.41) is 14.0. The molecule has 0 aliphatic carbocycles. The van der Waals surface area contributed by atoms with Crippen LogP contribution in [0.5, 0.6) is 0 Å². The van der Waals surface area contributed by atoms with Gasteiger partial charge in [0.1, 0.15) is 0 Å². The third-order valence-electron chi connectivity index (χ3n) is 1.16. The minimum absolute atomic E-state index is 0.0225. The maximum atomic E-state index is 11.0. The van der Waals surface area contributed by atoms with Crippen LogP contribution in [0.3, 0.4) is 0 Å². The maximum absolute atomic E-state index is 11.0. The molecule has 64 valence electrons. The molecule has 0 radical (unpaired) electrons. The van der Waals surface area contributed by atoms with Gasteiger partial charge in [0.2, 0.25) is 11.9 Å². The normalized spacial score (nSPS) is 9.42. The third-order valence-corrected chi connectivity index (χ3v) is 1.16. The molecule has 0 atom stereocenters. The lowest BCUT2D eigenvalue weighted by atomic mass is 10.4. The number of carbonyl (C=O) groups is 1. The lowest BCUT2D eigenvalue weighted by Crippen LogP contribution is -2.32. The van der Waals surface area contributed by atoms with Gasteiger partial charge in [-0.2, -0.15) is 0 Å². The standard InChI is InChI=1S/C7H8N2O3/c1-2-12-7(10)6-4-3-5-9(11)8-6/h3-5H,2H2,1H3. The number of aromatic nitrogens is 2. The molecule has 0 bridgehead atoms. The number of carbonyl (C=O) groups excluding carboxylic acids is 1. The first-order valence-corrected chi connectivity index (χ1v) is 3.47. The summed E-state index contributed by atoms with van der Waals surface area (Å²) in [5.74, 6) is -0.581. The number of hydrogen-bond acceptors (Lipinski definition) is 4. The molecule has 0 unspecified atom stereocenters. The summed E-state index contributed by atoms with van der Waals surface area (Å²) in [7, 11) is 0. The molecule has 0 fully saturated rings. The Morgan fingerprint density at radius 3 is 3.17 bits per heavy atom. The van der Waals surface area contributed by atoms with Crippen molar-refractivity contribution in [2.75, 3.05) is 6.61 Å². The zero-order valence-electron chi connectivity index (χ0n) is 6.56. The predicted molar refractivity (Wildman–Crippen MR) is 39.2 cm³/mol. The zero-order chi connectivity index (χ0) is 8.97. The van der Waals surface area contributed by atoms with Gasteiger partial charge in [-0.05, 0) is 13.0 Å². The van der Waals surface area contributed by atoms with Gasteiger partial charge in [0, 0.05) is 11.2 Å². The molecular formula is C7H8N2O3. The highest BCUT2D eigenvalue weighted by Gasteiger charge is 2.10. The molecule has 0 spiro atoms. The number of esters is 1. The molecule has 1 aromatic rings. The molecule has 0 saturated carbocycles. The molecule has 1 rings (SSSR count). The molecule has 5 heteroatoms. The number of rotatable bonds is 2.